The van der Waals surface area contributed by atoms with Crippen LogP contribution >= 0.6 is 11.8 Å². The number of aliphatic hydroxyl groups excluding tert-OH is 1. The van der Waals surface area contributed by atoms with Crippen molar-refractivity contribution in [3.63, 3.8) is 0 Å². The maximum absolute atomic E-state index is 10.6. The van der Waals surface area contributed by atoms with Crippen LogP contribution in [0.1, 0.15) is 6.92 Å². The maximum atomic E-state index is 10.6. The van der Waals surface area contributed by atoms with Crippen molar-refractivity contribution in [1.82, 2.24) is 4.98 Å². The lowest BCUT2D eigenvalue weighted by Crippen LogP contribution is -2.02. The van der Waals surface area contributed by atoms with E-state index in [1.54, 1.807) is 6.07 Å². The van der Waals surface area contributed by atoms with E-state index >= 15 is 0 Å². The number of nitrogens with zero attached hydrogens (tertiary/aromatic N) is 2. The van der Waals surface area contributed by atoms with Gasteiger partial charge in [-0.1, -0.05) is 6.92 Å². The standard InChI is InChI=1S/C12H12N2O3S/c1-8(7-15)18-12-5-2-9-6-10(14(16)17)3-4-11(9)13-12/h2-6,8,15H,7H2,1H3. The Morgan fingerprint density at radius 2 is 2.22 bits per heavy atom. The number of nitro groups is 1. The van der Waals surface area contributed by atoms with Crippen LogP contribution in [0.2, 0.25) is 0 Å². The van der Waals surface area contributed by atoms with Crippen LogP contribution in [0, 0.1) is 10.1 Å². The molecule has 0 saturated carbocycles. The summed E-state index contributed by atoms with van der Waals surface area (Å²) >= 11 is 1.47. The molecule has 0 aliphatic rings. The number of fused-ring (bicyclic) bond motifs is 1. The second-order valence-electron chi connectivity index (χ2n) is 3.89. The Balaban J connectivity index is 2.35. The van der Waals surface area contributed by atoms with E-state index in [0.717, 1.165) is 15.9 Å². The Morgan fingerprint density at radius 1 is 1.44 bits per heavy atom. The highest BCUT2D eigenvalue weighted by Crippen LogP contribution is 2.25. The van der Waals surface area contributed by atoms with Crippen molar-refractivity contribution in [3.05, 3.63) is 40.4 Å². The summed E-state index contributed by atoms with van der Waals surface area (Å²) in [5.41, 5.74) is 0.782. The average Bonchev–Trinajstić information content (AvgIpc) is 2.37. The van der Waals surface area contributed by atoms with Gasteiger partial charge in [-0.3, -0.25) is 10.1 Å². The first-order chi connectivity index (χ1) is 8.60. The number of rotatable bonds is 4. The van der Waals surface area contributed by atoms with E-state index < -0.39 is 4.92 Å². The summed E-state index contributed by atoms with van der Waals surface area (Å²) in [4.78, 5) is 14.6. The Bertz CT molecular complexity index is 589. The first kappa shape index (κ1) is 12.8. The highest BCUT2D eigenvalue weighted by molar-refractivity contribution is 7.99. The summed E-state index contributed by atoms with van der Waals surface area (Å²) in [5.74, 6) is 0. The molecule has 0 radical (unpaired) electrons. The van der Waals surface area contributed by atoms with E-state index in [9.17, 15) is 10.1 Å². The second-order valence-corrected chi connectivity index (χ2v) is 5.35. The van der Waals surface area contributed by atoms with Gasteiger partial charge < -0.3 is 5.11 Å². The number of nitro benzene ring substituents is 1. The van der Waals surface area contributed by atoms with Crippen LogP contribution in [0.15, 0.2) is 35.4 Å². The topological polar surface area (TPSA) is 76.3 Å². The van der Waals surface area contributed by atoms with Gasteiger partial charge in [0.2, 0.25) is 0 Å². The smallest absolute Gasteiger partial charge is 0.270 e. The summed E-state index contributed by atoms with van der Waals surface area (Å²) in [6.07, 6.45) is 0. The number of hydrogen-bond donors (Lipinski definition) is 1. The zero-order valence-corrected chi connectivity index (χ0v) is 10.6. The molecule has 1 unspecified atom stereocenters. The Labute approximate surface area is 108 Å². The highest BCUT2D eigenvalue weighted by atomic mass is 32.2. The van der Waals surface area contributed by atoms with Crippen LogP contribution in [-0.2, 0) is 0 Å². The number of non-ortho nitro benzene ring substituents is 1. The van der Waals surface area contributed by atoms with Crippen LogP contribution in [0.25, 0.3) is 10.9 Å². The summed E-state index contributed by atoms with van der Waals surface area (Å²) in [7, 11) is 0. The van der Waals surface area contributed by atoms with Gasteiger partial charge in [-0.25, -0.2) is 4.98 Å². The number of hydrogen-bond acceptors (Lipinski definition) is 5. The molecule has 0 spiro atoms. The van der Waals surface area contributed by atoms with Gasteiger partial charge in [0.1, 0.15) is 0 Å². The van der Waals surface area contributed by atoms with E-state index in [4.69, 9.17) is 5.11 Å². The van der Waals surface area contributed by atoms with E-state index in [0.29, 0.717) is 0 Å². The molecule has 6 heteroatoms. The second kappa shape index (κ2) is 5.32. The maximum Gasteiger partial charge on any atom is 0.270 e. The Kier molecular flexibility index (Phi) is 3.78. The van der Waals surface area contributed by atoms with Gasteiger partial charge in [0, 0.05) is 22.8 Å². The molecule has 2 aromatic rings. The van der Waals surface area contributed by atoms with Crippen molar-refractivity contribution in [3.8, 4) is 0 Å². The molecule has 1 aromatic heterocycles. The molecule has 0 saturated heterocycles. The third-order valence-corrected chi connectivity index (χ3v) is 3.46. The minimum Gasteiger partial charge on any atom is -0.395 e. The molecule has 18 heavy (non-hydrogen) atoms. The summed E-state index contributed by atoms with van der Waals surface area (Å²) in [6.45, 7) is 2.00. The Morgan fingerprint density at radius 3 is 2.89 bits per heavy atom. The first-order valence-electron chi connectivity index (χ1n) is 5.43. The molecule has 1 heterocycles. The number of aromatic nitrogens is 1. The van der Waals surface area contributed by atoms with Gasteiger partial charge in [0.05, 0.1) is 22.1 Å². The number of benzene rings is 1. The number of thioether (sulfide) groups is 1. The monoisotopic (exact) mass is 264 g/mol. The van der Waals surface area contributed by atoms with Crippen molar-refractivity contribution in [2.24, 2.45) is 0 Å². The molecule has 0 amide bonds. The molecule has 0 aliphatic carbocycles. The third-order valence-electron chi connectivity index (χ3n) is 2.44. The lowest BCUT2D eigenvalue weighted by molar-refractivity contribution is -0.384. The summed E-state index contributed by atoms with van der Waals surface area (Å²) in [6, 6.07) is 8.21. The molecular weight excluding hydrogens is 252 g/mol. The van der Waals surface area contributed by atoms with Crippen LogP contribution in [-0.4, -0.2) is 26.9 Å². The van der Waals surface area contributed by atoms with Gasteiger partial charge in [0.15, 0.2) is 0 Å². The quantitative estimate of drug-likeness (QED) is 0.522. The molecule has 1 aromatic carbocycles. The van der Waals surface area contributed by atoms with Crippen LogP contribution in [0.3, 0.4) is 0 Å². The molecule has 1 N–H and O–H groups in total. The predicted octanol–water partition coefficient (Wildman–Crippen LogP) is 2.62. The lowest BCUT2D eigenvalue weighted by Gasteiger charge is -2.07. The van der Waals surface area contributed by atoms with Crippen molar-refractivity contribution in [1.29, 1.82) is 0 Å². The zero-order chi connectivity index (χ0) is 13.1. The van der Waals surface area contributed by atoms with Crippen LogP contribution < -0.4 is 0 Å². The molecule has 2 rings (SSSR count). The SMILES string of the molecule is CC(CO)Sc1ccc2cc([N+](=O)[O-])ccc2n1. The Hall–Kier alpha value is -1.66. The lowest BCUT2D eigenvalue weighted by atomic mass is 10.2. The van der Waals surface area contributed by atoms with Crippen molar-refractivity contribution in [2.45, 2.75) is 17.2 Å². The summed E-state index contributed by atoms with van der Waals surface area (Å²) in [5, 5.41) is 21.3. The average molecular weight is 264 g/mol. The largest absolute Gasteiger partial charge is 0.395 e. The van der Waals surface area contributed by atoms with Gasteiger partial charge in [0.25, 0.3) is 5.69 Å². The predicted molar refractivity (Wildman–Crippen MR) is 70.8 cm³/mol. The fourth-order valence-corrected chi connectivity index (χ4v) is 2.30. The minimum absolute atomic E-state index is 0.0634. The van der Waals surface area contributed by atoms with Crippen molar-refractivity contribution >= 4 is 28.4 Å². The van der Waals surface area contributed by atoms with Crippen LogP contribution in [0.5, 0.6) is 0 Å². The molecular formula is C12H12N2O3S. The molecule has 0 aliphatic heterocycles. The van der Waals surface area contributed by atoms with Gasteiger partial charge >= 0.3 is 0 Å². The molecule has 1 atom stereocenters. The van der Waals surface area contributed by atoms with Gasteiger partial charge in [-0.2, -0.15) is 0 Å². The molecule has 94 valence electrons. The van der Waals surface area contributed by atoms with Gasteiger partial charge in [-0.15, -0.1) is 11.8 Å². The van der Waals surface area contributed by atoms with E-state index in [2.05, 4.69) is 4.98 Å². The fraction of sp³-hybridized carbons (Fsp3) is 0.250. The third kappa shape index (κ3) is 2.77. The highest BCUT2D eigenvalue weighted by Gasteiger charge is 2.08. The fourth-order valence-electron chi connectivity index (χ4n) is 1.52. The minimum atomic E-state index is -0.421. The van der Waals surface area contributed by atoms with Crippen LogP contribution in [0.4, 0.5) is 5.69 Å². The number of aliphatic hydroxyl groups is 1. The first-order valence-corrected chi connectivity index (χ1v) is 6.31. The zero-order valence-electron chi connectivity index (χ0n) is 9.74. The molecule has 5 nitrogen and oxygen atoms in total. The van der Waals surface area contributed by atoms with Crippen molar-refractivity contribution < 1.29 is 10.0 Å². The summed E-state index contributed by atoms with van der Waals surface area (Å²) < 4.78 is 0. The number of pyridine rings is 1. The van der Waals surface area contributed by atoms with E-state index in [1.807, 2.05) is 19.1 Å². The molecule has 0 bridgehead atoms. The van der Waals surface area contributed by atoms with Crippen molar-refractivity contribution in [2.75, 3.05) is 6.61 Å². The van der Waals surface area contributed by atoms with E-state index in [-0.39, 0.29) is 17.5 Å². The van der Waals surface area contributed by atoms with Gasteiger partial charge in [-0.05, 0) is 18.2 Å². The van der Waals surface area contributed by atoms with E-state index in [1.165, 1.54) is 23.9 Å². The molecule has 0 fully saturated rings. The normalized spacial score (nSPS) is 12.6.